The first-order chi connectivity index (χ1) is 10.9. The smallest absolute Gasteiger partial charge is 0.287 e. The molecule has 1 atom stereocenters. The number of furan rings is 1. The Bertz CT molecular complexity index is 701. The molecule has 0 spiro atoms. The van der Waals surface area contributed by atoms with Gasteiger partial charge in [0.15, 0.2) is 5.76 Å². The molecule has 2 aromatic rings. The lowest BCUT2D eigenvalue weighted by Gasteiger charge is -2.21. The summed E-state index contributed by atoms with van der Waals surface area (Å²) in [5, 5.41) is 5.26. The SMILES string of the molecule is CC(C)[C@H](NC(=O)c1ccco1)C(=O)Nc1ccc(Cl)cc1F. The standard InChI is InChI=1S/C16H16ClFN2O3/c1-9(2)14(20-15(21)13-4-3-7-23-13)16(22)19-12-6-5-10(17)8-11(12)18/h3-9,14H,1-2H3,(H,19,22)(H,20,21)/t14-/m0/s1. The highest BCUT2D eigenvalue weighted by atomic mass is 35.5. The van der Waals surface area contributed by atoms with Crippen LogP contribution in [0.25, 0.3) is 0 Å². The Labute approximate surface area is 137 Å². The summed E-state index contributed by atoms with van der Waals surface area (Å²) in [7, 11) is 0. The molecule has 0 fully saturated rings. The number of hydrogen-bond donors (Lipinski definition) is 2. The van der Waals surface area contributed by atoms with Crippen LogP contribution in [0.1, 0.15) is 24.4 Å². The maximum Gasteiger partial charge on any atom is 0.287 e. The fraction of sp³-hybridized carbons (Fsp3) is 0.250. The lowest BCUT2D eigenvalue weighted by molar-refractivity contribution is -0.118. The lowest BCUT2D eigenvalue weighted by Crippen LogP contribution is -2.47. The number of hydrogen-bond acceptors (Lipinski definition) is 3. The first-order valence-electron chi connectivity index (χ1n) is 6.98. The average Bonchev–Trinajstić information content (AvgIpc) is 3.01. The van der Waals surface area contributed by atoms with Gasteiger partial charge in [-0.25, -0.2) is 4.39 Å². The van der Waals surface area contributed by atoms with Crippen LogP contribution >= 0.6 is 11.6 Å². The molecule has 2 amide bonds. The summed E-state index contributed by atoms with van der Waals surface area (Å²) in [6.45, 7) is 3.54. The van der Waals surface area contributed by atoms with E-state index in [4.69, 9.17) is 16.0 Å². The van der Waals surface area contributed by atoms with Gasteiger partial charge in [-0.15, -0.1) is 0 Å². The van der Waals surface area contributed by atoms with E-state index in [-0.39, 0.29) is 22.4 Å². The van der Waals surface area contributed by atoms with E-state index in [0.717, 1.165) is 6.07 Å². The van der Waals surface area contributed by atoms with Crippen LogP contribution in [0.15, 0.2) is 41.0 Å². The summed E-state index contributed by atoms with van der Waals surface area (Å²) in [4.78, 5) is 24.4. The van der Waals surface area contributed by atoms with Gasteiger partial charge in [-0.1, -0.05) is 25.4 Å². The molecule has 0 radical (unpaired) electrons. The zero-order valence-electron chi connectivity index (χ0n) is 12.6. The van der Waals surface area contributed by atoms with Crippen molar-refractivity contribution < 1.29 is 18.4 Å². The summed E-state index contributed by atoms with van der Waals surface area (Å²) < 4.78 is 18.7. The predicted molar refractivity (Wildman–Crippen MR) is 84.8 cm³/mol. The van der Waals surface area contributed by atoms with Crippen molar-refractivity contribution in [3.05, 3.63) is 53.2 Å². The largest absolute Gasteiger partial charge is 0.459 e. The molecule has 1 heterocycles. The van der Waals surface area contributed by atoms with E-state index in [0.29, 0.717) is 0 Å². The molecule has 0 aliphatic heterocycles. The molecule has 7 heteroatoms. The lowest BCUT2D eigenvalue weighted by atomic mass is 10.0. The summed E-state index contributed by atoms with van der Waals surface area (Å²) in [5.41, 5.74) is -0.00250. The molecule has 2 N–H and O–H groups in total. The molecule has 0 aliphatic rings. The van der Waals surface area contributed by atoms with Crippen LogP contribution in [0.4, 0.5) is 10.1 Å². The Balaban J connectivity index is 2.10. The van der Waals surface area contributed by atoms with E-state index in [9.17, 15) is 14.0 Å². The fourth-order valence-corrected chi connectivity index (χ4v) is 2.12. The Kier molecular flexibility index (Phi) is 5.39. The van der Waals surface area contributed by atoms with Gasteiger partial charge in [-0.2, -0.15) is 0 Å². The van der Waals surface area contributed by atoms with Crippen molar-refractivity contribution in [1.82, 2.24) is 5.32 Å². The van der Waals surface area contributed by atoms with Crippen LogP contribution in [-0.2, 0) is 4.79 Å². The van der Waals surface area contributed by atoms with E-state index in [1.54, 1.807) is 19.9 Å². The molecular formula is C16H16ClFN2O3. The third-order valence-corrected chi connectivity index (χ3v) is 3.40. The molecule has 5 nitrogen and oxygen atoms in total. The summed E-state index contributed by atoms with van der Waals surface area (Å²) in [5.74, 6) is -1.79. The Morgan fingerprint density at radius 3 is 2.57 bits per heavy atom. The Morgan fingerprint density at radius 2 is 2.00 bits per heavy atom. The van der Waals surface area contributed by atoms with Crippen LogP contribution in [0.3, 0.4) is 0 Å². The number of anilines is 1. The predicted octanol–water partition coefficient (Wildman–Crippen LogP) is 3.47. The quantitative estimate of drug-likeness (QED) is 0.877. The summed E-state index contributed by atoms with van der Waals surface area (Å²) >= 11 is 5.67. The van der Waals surface area contributed by atoms with Gasteiger partial charge in [0.25, 0.3) is 5.91 Å². The Hall–Kier alpha value is -2.34. The maximum absolute atomic E-state index is 13.8. The minimum atomic E-state index is -0.845. The van der Waals surface area contributed by atoms with E-state index in [1.807, 2.05) is 0 Å². The van der Waals surface area contributed by atoms with Gasteiger partial charge in [-0.3, -0.25) is 9.59 Å². The highest BCUT2D eigenvalue weighted by molar-refractivity contribution is 6.30. The number of amides is 2. The number of carbonyl (C=O) groups excluding carboxylic acids is 2. The molecule has 2 rings (SSSR count). The van der Waals surface area contributed by atoms with E-state index in [1.165, 1.54) is 24.5 Å². The number of nitrogens with one attached hydrogen (secondary N) is 2. The molecule has 0 unspecified atom stereocenters. The third kappa shape index (κ3) is 4.32. The third-order valence-electron chi connectivity index (χ3n) is 3.17. The second-order valence-corrected chi connectivity index (χ2v) is 5.72. The number of benzene rings is 1. The average molecular weight is 339 g/mol. The number of halogens is 2. The van der Waals surface area contributed by atoms with Gasteiger partial charge in [-0.05, 0) is 36.2 Å². The van der Waals surface area contributed by atoms with Crippen molar-refractivity contribution in [3.63, 3.8) is 0 Å². The minimum Gasteiger partial charge on any atom is -0.459 e. The van der Waals surface area contributed by atoms with Crippen LogP contribution < -0.4 is 10.6 Å². The van der Waals surface area contributed by atoms with Gasteiger partial charge >= 0.3 is 0 Å². The number of rotatable bonds is 5. The van der Waals surface area contributed by atoms with Gasteiger partial charge in [0.05, 0.1) is 12.0 Å². The zero-order chi connectivity index (χ0) is 17.0. The fourth-order valence-electron chi connectivity index (χ4n) is 1.96. The molecule has 1 aromatic carbocycles. The molecular weight excluding hydrogens is 323 g/mol. The van der Waals surface area contributed by atoms with Crippen LogP contribution in [0, 0.1) is 11.7 Å². The van der Waals surface area contributed by atoms with Gasteiger partial charge in [0, 0.05) is 5.02 Å². The zero-order valence-corrected chi connectivity index (χ0v) is 13.4. The van der Waals surface area contributed by atoms with Crippen molar-refractivity contribution in [2.75, 3.05) is 5.32 Å². The summed E-state index contributed by atoms with van der Waals surface area (Å²) in [6.07, 6.45) is 1.36. The van der Waals surface area contributed by atoms with Gasteiger partial charge in [0.1, 0.15) is 11.9 Å². The molecule has 0 saturated heterocycles. The van der Waals surface area contributed by atoms with Crippen molar-refractivity contribution in [2.24, 2.45) is 5.92 Å². The molecule has 23 heavy (non-hydrogen) atoms. The number of carbonyl (C=O) groups is 2. The molecule has 0 saturated carbocycles. The van der Waals surface area contributed by atoms with Crippen LogP contribution in [-0.4, -0.2) is 17.9 Å². The second kappa shape index (κ2) is 7.28. The molecule has 0 bridgehead atoms. The Morgan fingerprint density at radius 1 is 1.26 bits per heavy atom. The van der Waals surface area contributed by atoms with Gasteiger partial charge in [0.2, 0.25) is 5.91 Å². The van der Waals surface area contributed by atoms with Crippen molar-refractivity contribution in [3.8, 4) is 0 Å². The first-order valence-corrected chi connectivity index (χ1v) is 7.36. The monoisotopic (exact) mass is 338 g/mol. The molecule has 1 aromatic heterocycles. The topological polar surface area (TPSA) is 71.3 Å². The minimum absolute atomic E-state index is 0.00250. The van der Waals surface area contributed by atoms with Crippen molar-refractivity contribution >= 4 is 29.1 Å². The van der Waals surface area contributed by atoms with E-state index < -0.39 is 23.7 Å². The summed E-state index contributed by atoms with van der Waals surface area (Å²) in [6, 6.07) is 6.14. The normalized spacial score (nSPS) is 12.0. The van der Waals surface area contributed by atoms with Crippen LogP contribution in [0.5, 0.6) is 0 Å². The van der Waals surface area contributed by atoms with Crippen molar-refractivity contribution in [1.29, 1.82) is 0 Å². The van der Waals surface area contributed by atoms with Gasteiger partial charge < -0.3 is 15.1 Å². The van der Waals surface area contributed by atoms with Crippen LogP contribution in [0.2, 0.25) is 5.02 Å². The van der Waals surface area contributed by atoms with E-state index in [2.05, 4.69) is 10.6 Å². The van der Waals surface area contributed by atoms with E-state index >= 15 is 0 Å². The first kappa shape index (κ1) is 17.0. The highest BCUT2D eigenvalue weighted by Crippen LogP contribution is 2.19. The van der Waals surface area contributed by atoms with Crippen molar-refractivity contribution in [2.45, 2.75) is 19.9 Å². The molecule has 122 valence electrons. The molecule has 0 aliphatic carbocycles. The second-order valence-electron chi connectivity index (χ2n) is 5.29. The highest BCUT2D eigenvalue weighted by Gasteiger charge is 2.26. The maximum atomic E-state index is 13.8.